The van der Waals surface area contributed by atoms with Crippen LogP contribution < -0.4 is 17.0 Å². The summed E-state index contributed by atoms with van der Waals surface area (Å²) in [5, 5.41) is 0. The quantitative estimate of drug-likeness (QED) is 0.351. The molecule has 2 aliphatic heterocycles. The van der Waals surface area contributed by atoms with E-state index in [1.807, 2.05) is 0 Å². The van der Waals surface area contributed by atoms with Crippen LogP contribution >= 0.6 is 0 Å². The third-order valence-corrected chi connectivity index (χ3v) is 13.7. The van der Waals surface area contributed by atoms with Crippen molar-refractivity contribution < 1.29 is 40.5 Å². The fourth-order valence-electron chi connectivity index (χ4n) is 11.7. The summed E-state index contributed by atoms with van der Waals surface area (Å²) in [5.41, 5.74) is 0.377. The minimum absolute atomic E-state index is 0. The summed E-state index contributed by atoms with van der Waals surface area (Å²) in [6.07, 6.45) is 16.3. The number of esters is 2. The average Bonchev–Trinajstić information content (AvgIpc) is 3.21. The van der Waals surface area contributed by atoms with Gasteiger partial charge in [-0.3, -0.25) is 14.5 Å². The van der Waals surface area contributed by atoms with Crippen LogP contribution in [-0.4, -0.2) is 78.8 Å². The molecule has 0 radical (unpaired) electrons. The van der Waals surface area contributed by atoms with Gasteiger partial charge in [0.05, 0.1) is 20.1 Å². The highest BCUT2D eigenvalue weighted by molar-refractivity contribution is 5.66. The number of quaternary nitrogens is 1. The van der Waals surface area contributed by atoms with Gasteiger partial charge in [0.1, 0.15) is 12.1 Å². The lowest BCUT2D eigenvalue weighted by molar-refractivity contribution is -0.940. The van der Waals surface area contributed by atoms with E-state index >= 15 is 0 Å². The third kappa shape index (κ3) is 5.56. The van der Waals surface area contributed by atoms with Crippen LogP contribution in [0.1, 0.15) is 111 Å². The second kappa shape index (κ2) is 12.0. The molecule has 234 valence electrons. The van der Waals surface area contributed by atoms with Gasteiger partial charge in [-0.05, 0) is 113 Å². The highest BCUT2D eigenvalue weighted by atomic mass is 79.9. The van der Waals surface area contributed by atoms with Gasteiger partial charge < -0.3 is 30.9 Å². The maximum Gasteiger partial charge on any atom is 0.303 e. The number of ether oxygens (including phenoxy) is 2. The van der Waals surface area contributed by atoms with E-state index in [9.17, 15) is 9.59 Å². The van der Waals surface area contributed by atoms with Gasteiger partial charge in [0.25, 0.3) is 0 Å². The largest absolute Gasteiger partial charge is 1.00 e. The van der Waals surface area contributed by atoms with Crippen LogP contribution in [-0.2, 0) is 19.1 Å². The predicted molar refractivity (Wildman–Crippen MR) is 156 cm³/mol. The number of likely N-dealkylation sites (N-methyl/N-ethyl adjacent to an activating group) is 1. The highest BCUT2D eigenvalue weighted by Gasteiger charge is 2.67. The molecule has 2 heterocycles. The first-order valence-electron chi connectivity index (χ1n) is 17.0. The number of likely N-dealkylation sites (tertiary alicyclic amines) is 2. The zero-order valence-electron chi connectivity index (χ0n) is 26.5. The molecule has 0 spiro atoms. The van der Waals surface area contributed by atoms with Crippen molar-refractivity contribution in [2.75, 3.05) is 33.2 Å². The Labute approximate surface area is 260 Å². The molecule has 6 nitrogen and oxygen atoms in total. The summed E-state index contributed by atoms with van der Waals surface area (Å²) in [6, 6.07) is 0.796. The molecule has 10 atom stereocenters. The minimum Gasteiger partial charge on any atom is -1.00 e. The minimum atomic E-state index is -0.111. The molecular weight excluding hydrogens is 580 g/mol. The van der Waals surface area contributed by atoms with Crippen LogP contribution in [0.3, 0.4) is 0 Å². The van der Waals surface area contributed by atoms with E-state index in [0.717, 1.165) is 29.9 Å². The molecular formula is C34H57BrN2O4. The first-order chi connectivity index (χ1) is 19.0. The molecule has 0 aromatic carbocycles. The highest BCUT2D eigenvalue weighted by Crippen LogP contribution is 2.67. The van der Waals surface area contributed by atoms with Gasteiger partial charge >= 0.3 is 11.9 Å². The van der Waals surface area contributed by atoms with E-state index in [2.05, 4.69) is 25.8 Å². The average molecular weight is 638 g/mol. The summed E-state index contributed by atoms with van der Waals surface area (Å²) in [7, 11) is 2.47. The Morgan fingerprint density at radius 2 is 1.46 bits per heavy atom. The van der Waals surface area contributed by atoms with Crippen LogP contribution in [0.15, 0.2) is 0 Å². The summed E-state index contributed by atoms with van der Waals surface area (Å²) >= 11 is 0. The van der Waals surface area contributed by atoms with Crippen LogP contribution in [0.2, 0.25) is 0 Å². The molecule has 0 amide bonds. The van der Waals surface area contributed by atoms with Gasteiger partial charge in [-0.25, -0.2) is 0 Å². The Morgan fingerprint density at radius 3 is 2.12 bits per heavy atom. The van der Waals surface area contributed by atoms with Crippen molar-refractivity contribution in [1.29, 1.82) is 0 Å². The SMILES string of the molecule is CC(=O)O[C@H]1C[C@@H]2CC[C@@H]3[C@@H](CC[C@]4(C)[C@H](OC(C)=O)[C@@H]([N+]5(C)CCCCC5)C[C@@H]34)[C@@]2(C)C[C@@H]1N1CCCCC1.[Br-]. The Kier molecular flexibility index (Phi) is 9.32. The molecule has 0 unspecified atom stereocenters. The normalized spacial score (nSPS) is 45.8. The molecule has 6 aliphatic rings. The number of fused-ring (bicyclic) bond motifs is 5. The fourth-order valence-corrected chi connectivity index (χ4v) is 11.7. The Hall–Kier alpha value is -0.660. The molecule has 0 bridgehead atoms. The van der Waals surface area contributed by atoms with Crippen molar-refractivity contribution in [2.45, 2.75) is 135 Å². The van der Waals surface area contributed by atoms with E-state index in [-0.39, 0.29) is 46.5 Å². The molecule has 7 heteroatoms. The van der Waals surface area contributed by atoms with Crippen LogP contribution in [0.5, 0.6) is 0 Å². The van der Waals surface area contributed by atoms with Crippen LogP contribution in [0, 0.1) is 34.5 Å². The molecule has 0 N–H and O–H groups in total. The second-order valence-corrected chi connectivity index (χ2v) is 15.8. The zero-order valence-corrected chi connectivity index (χ0v) is 28.1. The standard InChI is InChI=1S/C34H57N2O4.BrH/c1-23(37)39-31-20-25-12-13-26-27(34(25,4)22-29(31)35-16-8-6-9-17-35)14-15-33(3)28(26)21-30(32(33)40-24(2)38)36(5)18-10-7-11-19-36;/h25-32H,6-22H2,1-5H3;1H/q+1;/p-1/t25-,26+,27+,28-,29-,30-,31-,32+,33-,34-;/m0./s1. The van der Waals surface area contributed by atoms with E-state index < -0.39 is 0 Å². The molecule has 6 rings (SSSR count). The topological polar surface area (TPSA) is 55.8 Å². The molecule has 0 aromatic heterocycles. The molecule has 6 fully saturated rings. The van der Waals surface area contributed by atoms with Gasteiger partial charge in [-0.15, -0.1) is 0 Å². The second-order valence-electron chi connectivity index (χ2n) is 15.8. The number of rotatable bonds is 4. The zero-order chi connectivity index (χ0) is 28.3. The number of piperidine rings is 2. The summed E-state index contributed by atoms with van der Waals surface area (Å²) in [5.74, 6) is 2.50. The monoisotopic (exact) mass is 636 g/mol. The van der Waals surface area contributed by atoms with Crippen molar-refractivity contribution >= 4 is 11.9 Å². The van der Waals surface area contributed by atoms with Crippen molar-refractivity contribution in [3.63, 3.8) is 0 Å². The first kappa shape index (κ1) is 31.8. The van der Waals surface area contributed by atoms with E-state index in [1.54, 1.807) is 13.8 Å². The van der Waals surface area contributed by atoms with Gasteiger partial charge in [-0.1, -0.05) is 20.3 Å². The van der Waals surface area contributed by atoms with Gasteiger partial charge in [0, 0.05) is 31.7 Å². The Bertz CT molecular complexity index is 964. The lowest BCUT2D eigenvalue weighted by Gasteiger charge is -2.62. The van der Waals surface area contributed by atoms with Gasteiger partial charge in [0.15, 0.2) is 6.10 Å². The molecule has 4 aliphatic carbocycles. The lowest BCUT2D eigenvalue weighted by atomic mass is 9.44. The number of carbonyl (C=O) groups excluding carboxylic acids is 2. The lowest BCUT2D eigenvalue weighted by Crippen LogP contribution is -3.00. The van der Waals surface area contributed by atoms with Crippen molar-refractivity contribution in [3.05, 3.63) is 0 Å². The van der Waals surface area contributed by atoms with E-state index in [1.165, 1.54) is 90.1 Å². The molecule has 4 saturated carbocycles. The fraction of sp³-hybridized carbons (Fsp3) is 0.941. The summed E-state index contributed by atoms with van der Waals surface area (Å²) in [4.78, 5) is 27.4. The molecule has 2 saturated heterocycles. The van der Waals surface area contributed by atoms with Gasteiger partial charge in [0.2, 0.25) is 0 Å². The number of nitrogens with zero attached hydrogens (tertiary/aromatic N) is 2. The maximum absolute atomic E-state index is 12.5. The van der Waals surface area contributed by atoms with Gasteiger partial charge in [-0.2, -0.15) is 0 Å². The van der Waals surface area contributed by atoms with E-state index in [0.29, 0.717) is 35.3 Å². The first-order valence-corrected chi connectivity index (χ1v) is 17.0. The number of hydrogen-bond donors (Lipinski definition) is 0. The Balaban J connectivity index is 0.00000337. The maximum atomic E-state index is 12.5. The van der Waals surface area contributed by atoms with Crippen LogP contribution in [0.25, 0.3) is 0 Å². The molecule has 0 aromatic rings. The number of hydrogen-bond acceptors (Lipinski definition) is 5. The smallest absolute Gasteiger partial charge is 0.303 e. The Morgan fingerprint density at radius 1 is 0.805 bits per heavy atom. The van der Waals surface area contributed by atoms with Crippen LogP contribution in [0.4, 0.5) is 0 Å². The third-order valence-electron chi connectivity index (χ3n) is 13.7. The van der Waals surface area contributed by atoms with E-state index in [4.69, 9.17) is 9.47 Å². The van der Waals surface area contributed by atoms with Crippen molar-refractivity contribution in [2.24, 2.45) is 34.5 Å². The number of carbonyl (C=O) groups is 2. The summed E-state index contributed by atoms with van der Waals surface area (Å²) < 4.78 is 13.5. The predicted octanol–water partition coefficient (Wildman–Crippen LogP) is 2.97. The van der Waals surface area contributed by atoms with Crippen molar-refractivity contribution in [1.82, 2.24) is 4.90 Å². The number of halogens is 1. The van der Waals surface area contributed by atoms with Crippen molar-refractivity contribution in [3.8, 4) is 0 Å². The summed E-state index contributed by atoms with van der Waals surface area (Å²) in [6.45, 7) is 13.1. The molecule has 41 heavy (non-hydrogen) atoms.